The topological polar surface area (TPSA) is 54.9 Å². The van der Waals surface area contributed by atoms with Crippen LogP contribution in [-0.2, 0) is 11.2 Å². The standard InChI is InChI=1S/C23H18ClN3OS/c1-15-19(24)3-2-4-20(15)26-22(28)13-16-5-7-17(8-6-16)21-14-29-23(27-21)18-9-11-25-12-10-18/h2-12,14H,13H2,1H3,(H,26,28). The van der Waals surface area contributed by atoms with Crippen LogP contribution >= 0.6 is 22.9 Å². The lowest BCUT2D eigenvalue weighted by atomic mass is 10.1. The molecule has 6 heteroatoms. The first-order valence-corrected chi connectivity index (χ1v) is 10.4. The Morgan fingerprint density at radius 1 is 1.03 bits per heavy atom. The van der Waals surface area contributed by atoms with Crippen molar-refractivity contribution < 1.29 is 4.79 Å². The minimum Gasteiger partial charge on any atom is -0.326 e. The number of nitrogens with zero attached hydrogens (tertiary/aromatic N) is 2. The van der Waals surface area contributed by atoms with E-state index in [2.05, 4.69) is 10.3 Å². The first kappa shape index (κ1) is 19.3. The summed E-state index contributed by atoms with van der Waals surface area (Å²) < 4.78 is 0. The number of anilines is 1. The van der Waals surface area contributed by atoms with Crippen LogP contribution in [0.15, 0.2) is 72.4 Å². The van der Waals surface area contributed by atoms with Crippen LogP contribution in [0.5, 0.6) is 0 Å². The molecule has 0 saturated carbocycles. The highest BCUT2D eigenvalue weighted by Gasteiger charge is 2.10. The summed E-state index contributed by atoms with van der Waals surface area (Å²) in [4.78, 5) is 21.1. The zero-order valence-corrected chi connectivity index (χ0v) is 17.3. The monoisotopic (exact) mass is 419 g/mol. The Balaban J connectivity index is 1.44. The average molecular weight is 420 g/mol. The fourth-order valence-electron chi connectivity index (χ4n) is 2.95. The molecule has 0 radical (unpaired) electrons. The van der Waals surface area contributed by atoms with Gasteiger partial charge in [-0.3, -0.25) is 9.78 Å². The summed E-state index contributed by atoms with van der Waals surface area (Å²) in [6, 6.07) is 17.3. The van der Waals surface area contributed by atoms with E-state index in [0.29, 0.717) is 11.4 Å². The molecule has 2 aromatic heterocycles. The number of benzene rings is 2. The number of aromatic nitrogens is 2. The van der Waals surface area contributed by atoms with E-state index in [-0.39, 0.29) is 5.91 Å². The largest absolute Gasteiger partial charge is 0.326 e. The maximum Gasteiger partial charge on any atom is 0.228 e. The lowest BCUT2D eigenvalue weighted by Gasteiger charge is -2.09. The smallest absolute Gasteiger partial charge is 0.228 e. The summed E-state index contributed by atoms with van der Waals surface area (Å²) in [6.45, 7) is 1.89. The number of rotatable bonds is 5. The lowest BCUT2D eigenvalue weighted by molar-refractivity contribution is -0.115. The summed E-state index contributed by atoms with van der Waals surface area (Å²) in [5.41, 5.74) is 5.55. The molecule has 4 rings (SSSR count). The second-order valence-corrected chi connectivity index (χ2v) is 7.87. The van der Waals surface area contributed by atoms with E-state index in [4.69, 9.17) is 16.6 Å². The van der Waals surface area contributed by atoms with Gasteiger partial charge < -0.3 is 5.32 Å². The normalized spacial score (nSPS) is 10.7. The SMILES string of the molecule is Cc1c(Cl)cccc1NC(=O)Cc1ccc(-c2csc(-c3ccncc3)n2)cc1. The minimum atomic E-state index is -0.0725. The van der Waals surface area contributed by atoms with Gasteiger partial charge in [0.05, 0.1) is 12.1 Å². The molecule has 1 N–H and O–H groups in total. The highest BCUT2D eigenvalue weighted by atomic mass is 35.5. The van der Waals surface area contributed by atoms with Gasteiger partial charge in [-0.05, 0) is 42.3 Å². The van der Waals surface area contributed by atoms with Crippen molar-refractivity contribution in [2.45, 2.75) is 13.3 Å². The summed E-state index contributed by atoms with van der Waals surface area (Å²) in [7, 11) is 0. The van der Waals surface area contributed by atoms with Gasteiger partial charge in [0.25, 0.3) is 0 Å². The highest BCUT2D eigenvalue weighted by Crippen LogP contribution is 2.29. The molecule has 29 heavy (non-hydrogen) atoms. The Kier molecular flexibility index (Phi) is 5.69. The molecule has 0 bridgehead atoms. The molecular formula is C23H18ClN3OS. The average Bonchev–Trinajstić information content (AvgIpc) is 3.23. The second kappa shape index (κ2) is 8.55. The van der Waals surface area contributed by atoms with E-state index < -0.39 is 0 Å². The van der Waals surface area contributed by atoms with Gasteiger partial charge in [-0.2, -0.15) is 0 Å². The molecule has 0 atom stereocenters. The maximum atomic E-state index is 12.4. The number of nitrogens with one attached hydrogen (secondary N) is 1. The molecule has 0 aliphatic rings. The van der Waals surface area contributed by atoms with Gasteiger partial charge in [-0.1, -0.05) is 41.9 Å². The summed E-state index contributed by atoms with van der Waals surface area (Å²) in [5, 5.41) is 6.57. The minimum absolute atomic E-state index is 0.0725. The van der Waals surface area contributed by atoms with Gasteiger partial charge in [0.2, 0.25) is 5.91 Å². The van der Waals surface area contributed by atoms with E-state index in [9.17, 15) is 4.79 Å². The first-order chi connectivity index (χ1) is 14.1. The van der Waals surface area contributed by atoms with Crippen LogP contribution in [0.3, 0.4) is 0 Å². The lowest BCUT2D eigenvalue weighted by Crippen LogP contribution is -2.15. The summed E-state index contributed by atoms with van der Waals surface area (Å²) >= 11 is 7.72. The number of hydrogen-bond acceptors (Lipinski definition) is 4. The van der Waals surface area contributed by atoms with Crippen molar-refractivity contribution in [3.63, 3.8) is 0 Å². The van der Waals surface area contributed by atoms with Crippen molar-refractivity contribution in [2.75, 3.05) is 5.32 Å². The van der Waals surface area contributed by atoms with Crippen LogP contribution in [-0.4, -0.2) is 15.9 Å². The van der Waals surface area contributed by atoms with E-state index in [1.54, 1.807) is 23.7 Å². The zero-order valence-electron chi connectivity index (χ0n) is 15.7. The fourth-order valence-corrected chi connectivity index (χ4v) is 3.96. The van der Waals surface area contributed by atoms with E-state index >= 15 is 0 Å². The molecule has 4 nitrogen and oxygen atoms in total. The molecule has 0 saturated heterocycles. The van der Waals surface area contributed by atoms with Crippen LogP contribution in [0.25, 0.3) is 21.8 Å². The van der Waals surface area contributed by atoms with Crippen molar-refractivity contribution in [1.29, 1.82) is 0 Å². The van der Waals surface area contributed by atoms with Gasteiger partial charge in [0.1, 0.15) is 5.01 Å². The molecule has 0 unspecified atom stereocenters. The fraction of sp³-hybridized carbons (Fsp3) is 0.0870. The molecule has 0 fully saturated rings. The molecular weight excluding hydrogens is 402 g/mol. The Hall–Kier alpha value is -3.02. The molecule has 4 aromatic rings. The highest BCUT2D eigenvalue weighted by molar-refractivity contribution is 7.13. The molecule has 2 heterocycles. The van der Waals surface area contributed by atoms with Gasteiger partial charge in [0, 0.05) is 39.6 Å². The number of thiazole rings is 1. The molecule has 0 aliphatic carbocycles. The number of pyridine rings is 1. The third-order valence-electron chi connectivity index (χ3n) is 4.59. The Bertz CT molecular complexity index is 1140. The number of carbonyl (C=O) groups excluding carboxylic acids is 1. The van der Waals surface area contributed by atoms with Gasteiger partial charge in [0.15, 0.2) is 0 Å². The first-order valence-electron chi connectivity index (χ1n) is 9.10. The van der Waals surface area contributed by atoms with Crippen molar-refractivity contribution in [2.24, 2.45) is 0 Å². The number of carbonyl (C=O) groups is 1. The number of amides is 1. The Morgan fingerprint density at radius 3 is 2.55 bits per heavy atom. The summed E-state index contributed by atoms with van der Waals surface area (Å²) in [6.07, 6.45) is 3.83. The molecule has 0 aliphatic heterocycles. The van der Waals surface area contributed by atoms with E-state index in [0.717, 1.165) is 38.6 Å². The molecule has 2 aromatic carbocycles. The van der Waals surface area contributed by atoms with Gasteiger partial charge >= 0.3 is 0 Å². The van der Waals surface area contributed by atoms with Crippen molar-refractivity contribution >= 4 is 34.5 Å². The van der Waals surface area contributed by atoms with Crippen LogP contribution in [0.2, 0.25) is 5.02 Å². The van der Waals surface area contributed by atoms with E-state index in [1.807, 2.05) is 66.9 Å². The van der Waals surface area contributed by atoms with E-state index in [1.165, 1.54) is 0 Å². The van der Waals surface area contributed by atoms with Crippen LogP contribution < -0.4 is 5.32 Å². The van der Waals surface area contributed by atoms with Crippen LogP contribution in [0.4, 0.5) is 5.69 Å². The summed E-state index contributed by atoms with van der Waals surface area (Å²) in [5.74, 6) is -0.0725. The Morgan fingerprint density at radius 2 is 1.79 bits per heavy atom. The zero-order chi connectivity index (χ0) is 20.2. The van der Waals surface area contributed by atoms with Crippen LogP contribution in [0, 0.1) is 6.92 Å². The maximum absolute atomic E-state index is 12.4. The Labute approximate surface area is 178 Å². The predicted octanol–water partition coefficient (Wildman–Crippen LogP) is 6.02. The third-order valence-corrected chi connectivity index (χ3v) is 5.89. The number of halogens is 1. The van der Waals surface area contributed by atoms with Gasteiger partial charge in [-0.25, -0.2) is 4.98 Å². The van der Waals surface area contributed by atoms with Crippen molar-refractivity contribution in [3.05, 3.63) is 88.5 Å². The third kappa shape index (κ3) is 4.53. The predicted molar refractivity (Wildman–Crippen MR) is 119 cm³/mol. The molecule has 0 spiro atoms. The second-order valence-electron chi connectivity index (χ2n) is 6.61. The quantitative estimate of drug-likeness (QED) is 0.430. The number of hydrogen-bond donors (Lipinski definition) is 1. The van der Waals surface area contributed by atoms with Gasteiger partial charge in [-0.15, -0.1) is 11.3 Å². The van der Waals surface area contributed by atoms with Crippen LogP contribution in [0.1, 0.15) is 11.1 Å². The molecule has 1 amide bonds. The van der Waals surface area contributed by atoms with Crippen molar-refractivity contribution in [1.82, 2.24) is 9.97 Å². The molecule has 144 valence electrons. The van der Waals surface area contributed by atoms with Crippen molar-refractivity contribution in [3.8, 4) is 21.8 Å².